The third-order valence-corrected chi connectivity index (χ3v) is 5.03. The molecular formula is C9H10Br2ClNO2S. The van der Waals surface area contributed by atoms with Crippen LogP contribution in [0.1, 0.15) is 9.67 Å². The maximum absolute atomic E-state index is 11.6. The molecule has 0 aliphatic rings. The van der Waals surface area contributed by atoms with E-state index in [0.29, 0.717) is 30.5 Å². The molecule has 0 fully saturated rings. The Bertz CT molecular complexity index is 340. The quantitative estimate of drug-likeness (QED) is 0.597. The van der Waals surface area contributed by atoms with Crippen molar-refractivity contribution in [3.8, 4) is 0 Å². The summed E-state index contributed by atoms with van der Waals surface area (Å²) < 4.78 is 6.94. The lowest BCUT2D eigenvalue weighted by Crippen LogP contribution is -2.26. The molecule has 0 atom stereocenters. The molecule has 0 bridgehead atoms. The minimum Gasteiger partial charge on any atom is -0.378 e. The van der Waals surface area contributed by atoms with Crippen LogP contribution in [0.3, 0.4) is 0 Å². The average molecular weight is 392 g/mol. The van der Waals surface area contributed by atoms with Gasteiger partial charge in [-0.1, -0.05) is 0 Å². The number of hydrogen-bond donors (Lipinski definition) is 1. The molecule has 0 saturated heterocycles. The summed E-state index contributed by atoms with van der Waals surface area (Å²) in [6.45, 7) is 1.47. The van der Waals surface area contributed by atoms with Crippen molar-refractivity contribution >= 4 is 60.7 Å². The number of halogens is 3. The Kier molecular flexibility index (Phi) is 6.91. The van der Waals surface area contributed by atoms with Gasteiger partial charge < -0.3 is 10.1 Å². The highest BCUT2D eigenvalue weighted by Crippen LogP contribution is 2.32. The highest BCUT2D eigenvalue weighted by atomic mass is 79.9. The molecule has 16 heavy (non-hydrogen) atoms. The molecule has 0 saturated carbocycles. The second-order valence-electron chi connectivity index (χ2n) is 2.79. The topological polar surface area (TPSA) is 38.3 Å². The summed E-state index contributed by atoms with van der Waals surface area (Å²) in [6, 6.07) is 1.78. The summed E-state index contributed by atoms with van der Waals surface area (Å²) in [5.74, 6) is 0.379. The third kappa shape index (κ3) is 4.71. The molecule has 1 heterocycles. The molecule has 1 rings (SSSR count). The van der Waals surface area contributed by atoms with Crippen LogP contribution < -0.4 is 5.32 Å². The van der Waals surface area contributed by atoms with E-state index in [1.165, 1.54) is 11.3 Å². The Morgan fingerprint density at radius 2 is 2.25 bits per heavy atom. The maximum atomic E-state index is 11.6. The first-order valence-corrected chi connectivity index (χ1v) is 7.45. The Morgan fingerprint density at radius 3 is 2.81 bits per heavy atom. The Hall–Kier alpha value is 0.380. The van der Waals surface area contributed by atoms with E-state index >= 15 is 0 Å². The number of carbonyl (C=O) groups is 1. The van der Waals surface area contributed by atoms with Gasteiger partial charge in [0, 0.05) is 16.9 Å². The molecule has 90 valence electrons. The number of ether oxygens (including phenoxy) is 1. The van der Waals surface area contributed by atoms with Gasteiger partial charge >= 0.3 is 0 Å². The normalized spacial score (nSPS) is 10.4. The van der Waals surface area contributed by atoms with Gasteiger partial charge in [0.25, 0.3) is 5.91 Å². The molecule has 0 aromatic carbocycles. The smallest absolute Gasteiger partial charge is 0.261 e. The monoisotopic (exact) mass is 389 g/mol. The Labute approximate surface area is 120 Å². The second-order valence-corrected chi connectivity index (χ2v) is 6.39. The Morgan fingerprint density at radius 1 is 1.50 bits per heavy atom. The summed E-state index contributed by atoms with van der Waals surface area (Å²) in [5.41, 5.74) is 0. The van der Waals surface area contributed by atoms with Crippen molar-refractivity contribution in [2.75, 3.05) is 25.6 Å². The van der Waals surface area contributed by atoms with Crippen LogP contribution in [-0.2, 0) is 4.74 Å². The van der Waals surface area contributed by atoms with Gasteiger partial charge in [0.05, 0.1) is 21.9 Å². The lowest BCUT2D eigenvalue weighted by atomic mass is 10.4. The second kappa shape index (κ2) is 7.66. The lowest BCUT2D eigenvalue weighted by Gasteiger charge is -2.03. The summed E-state index contributed by atoms with van der Waals surface area (Å²) in [6.07, 6.45) is 0. The van der Waals surface area contributed by atoms with E-state index in [2.05, 4.69) is 37.2 Å². The van der Waals surface area contributed by atoms with Gasteiger partial charge in [-0.2, -0.15) is 0 Å². The molecule has 1 N–H and O–H groups in total. The van der Waals surface area contributed by atoms with Crippen molar-refractivity contribution in [3.05, 3.63) is 19.2 Å². The minimum absolute atomic E-state index is 0.0918. The van der Waals surface area contributed by atoms with Crippen LogP contribution >= 0.6 is 54.8 Å². The van der Waals surface area contributed by atoms with Crippen LogP contribution in [0.2, 0.25) is 0 Å². The number of hydrogen-bond acceptors (Lipinski definition) is 3. The first-order valence-electron chi connectivity index (χ1n) is 4.52. The van der Waals surface area contributed by atoms with E-state index in [1.54, 1.807) is 6.07 Å². The number of alkyl halides is 1. The highest BCUT2D eigenvalue weighted by Gasteiger charge is 2.10. The van der Waals surface area contributed by atoms with Gasteiger partial charge in [-0.3, -0.25) is 4.79 Å². The fraction of sp³-hybridized carbons (Fsp3) is 0.444. The van der Waals surface area contributed by atoms with Crippen molar-refractivity contribution in [1.29, 1.82) is 0 Å². The van der Waals surface area contributed by atoms with E-state index in [1.807, 2.05) is 0 Å². The van der Waals surface area contributed by atoms with Gasteiger partial charge in [0.15, 0.2) is 0 Å². The summed E-state index contributed by atoms with van der Waals surface area (Å²) in [5, 5.41) is 2.76. The van der Waals surface area contributed by atoms with Gasteiger partial charge in [0.2, 0.25) is 0 Å². The summed E-state index contributed by atoms with van der Waals surface area (Å²) in [4.78, 5) is 12.3. The molecule has 1 aromatic heterocycles. The fourth-order valence-electron chi connectivity index (χ4n) is 0.939. The maximum Gasteiger partial charge on any atom is 0.261 e. The Balaban J connectivity index is 2.30. The van der Waals surface area contributed by atoms with E-state index in [9.17, 15) is 4.79 Å². The molecule has 7 heteroatoms. The molecule has 1 aromatic rings. The van der Waals surface area contributed by atoms with E-state index in [0.717, 1.165) is 8.26 Å². The standard InChI is InChI=1S/C9H10Br2ClNO2S/c10-6-5-7(16-8(6)11)9(14)13-2-4-15-3-1-12/h5H,1-4H2,(H,13,14). The molecule has 0 aliphatic heterocycles. The predicted molar refractivity (Wildman–Crippen MR) is 73.6 cm³/mol. The van der Waals surface area contributed by atoms with Gasteiger partial charge in [-0.25, -0.2) is 0 Å². The van der Waals surface area contributed by atoms with Gasteiger partial charge in [-0.15, -0.1) is 22.9 Å². The van der Waals surface area contributed by atoms with Crippen LogP contribution in [-0.4, -0.2) is 31.5 Å². The predicted octanol–water partition coefficient (Wildman–Crippen LogP) is 3.26. The number of amides is 1. The fourth-order valence-corrected chi connectivity index (χ4v) is 3.00. The lowest BCUT2D eigenvalue weighted by molar-refractivity contribution is 0.0927. The summed E-state index contributed by atoms with van der Waals surface area (Å²) >= 11 is 13.5. The molecule has 0 unspecified atom stereocenters. The molecule has 1 amide bonds. The van der Waals surface area contributed by atoms with Crippen LogP contribution in [0.15, 0.2) is 14.3 Å². The van der Waals surface area contributed by atoms with Crippen molar-refractivity contribution in [1.82, 2.24) is 5.32 Å². The van der Waals surface area contributed by atoms with Crippen molar-refractivity contribution in [2.45, 2.75) is 0 Å². The zero-order chi connectivity index (χ0) is 12.0. The van der Waals surface area contributed by atoms with E-state index in [4.69, 9.17) is 16.3 Å². The third-order valence-electron chi connectivity index (χ3n) is 1.62. The van der Waals surface area contributed by atoms with Gasteiger partial charge in [-0.05, 0) is 37.9 Å². The van der Waals surface area contributed by atoms with Crippen LogP contribution in [0, 0.1) is 0 Å². The number of rotatable bonds is 6. The van der Waals surface area contributed by atoms with E-state index in [-0.39, 0.29) is 5.91 Å². The largest absolute Gasteiger partial charge is 0.378 e. The number of nitrogens with one attached hydrogen (secondary N) is 1. The van der Waals surface area contributed by atoms with Crippen LogP contribution in [0.5, 0.6) is 0 Å². The minimum atomic E-state index is -0.0918. The first kappa shape index (κ1) is 14.4. The van der Waals surface area contributed by atoms with E-state index < -0.39 is 0 Å². The first-order chi connectivity index (χ1) is 7.65. The molecule has 0 radical (unpaired) electrons. The van der Waals surface area contributed by atoms with Crippen LogP contribution in [0.4, 0.5) is 0 Å². The molecule has 3 nitrogen and oxygen atoms in total. The van der Waals surface area contributed by atoms with Crippen molar-refractivity contribution < 1.29 is 9.53 Å². The summed E-state index contributed by atoms with van der Waals surface area (Å²) in [7, 11) is 0. The van der Waals surface area contributed by atoms with Crippen molar-refractivity contribution in [2.24, 2.45) is 0 Å². The van der Waals surface area contributed by atoms with Crippen molar-refractivity contribution in [3.63, 3.8) is 0 Å². The zero-order valence-corrected chi connectivity index (χ0v) is 13.0. The molecule has 0 aliphatic carbocycles. The highest BCUT2D eigenvalue weighted by molar-refractivity contribution is 9.13. The number of thiophene rings is 1. The molecular weight excluding hydrogens is 381 g/mol. The SMILES string of the molecule is O=C(NCCOCCCl)c1cc(Br)c(Br)s1. The zero-order valence-electron chi connectivity index (χ0n) is 8.26. The number of carbonyl (C=O) groups excluding carboxylic acids is 1. The molecule has 0 spiro atoms. The van der Waals surface area contributed by atoms with Gasteiger partial charge in [0.1, 0.15) is 0 Å². The van der Waals surface area contributed by atoms with Crippen LogP contribution in [0.25, 0.3) is 0 Å². The average Bonchev–Trinajstić information content (AvgIpc) is 2.59.